The van der Waals surface area contributed by atoms with Gasteiger partial charge in [0.25, 0.3) is 5.91 Å². The van der Waals surface area contributed by atoms with Gasteiger partial charge in [-0.15, -0.1) is 0 Å². The number of nitrogen functional groups attached to an aromatic ring is 1. The van der Waals surface area contributed by atoms with Gasteiger partial charge < -0.3 is 15.7 Å². The van der Waals surface area contributed by atoms with E-state index < -0.39 is 0 Å². The lowest BCUT2D eigenvalue weighted by atomic mass is 9.94. The van der Waals surface area contributed by atoms with E-state index in [1.54, 1.807) is 4.90 Å². The first kappa shape index (κ1) is 12.9. The van der Waals surface area contributed by atoms with Crippen molar-refractivity contribution in [2.45, 2.75) is 38.1 Å². The summed E-state index contributed by atoms with van der Waals surface area (Å²) >= 11 is 0. The molecule has 6 heteroatoms. The van der Waals surface area contributed by atoms with E-state index in [0.29, 0.717) is 18.1 Å². The van der Waals surface area contributed by atoms with E-state index >= 15 is 0 Å². The number of carbonyl (C=O) groups is 1. The number of carbonyl (C=O) groups excluding carboxylic acids is 1. The number of aromatic amines is 1. The van der Waals surface area contributed by atoms with Gasteiger partial charge in [-0.25, -0.2) is 0 Å². The Balaban J connectivity index is 2.10. The number of H-pyrrole nitrogens is 1. The standard InChI is InChI=1S/C12H20N4O2/c13-11-8-10(14-15-11)12(18)16(6-7-17)9-4-2-1-3-5-9/h8-9,17H,1-7H2,(H3,13,14,15). The Bertz CT molecular complexity index is 399. The number of nitrogens with zero attached hydrogens (tertiary/aromatic N) is 2. The molecule has 100 valence electrons. The monoisotopic (exact) mass is 252 g/mol. The van der Waals surface area contributed by atoms with Crippen molar-refractivity contribution in [2.75, 3.05) is 18.9 Å². The van der Waals surface area contributed by atoms with E-state index in [1.165, 1.54) is 12.5 Å². The first-order valence-corrected chi connectivity index (χ1v) is 6.45. The fraction of sp³-hybridized carbons (Fsp3) is 0.667. The van der Waals surface area contributed by atoms with Crippen LogP contribution in [0.2, 0.25) is 0 Å². The minimum absolute atomic E-state index is 0.0220. The van der Waals surface area contributed by atoms with Crippen LogP contribution in [0.4, 0.5) is 5.82 Å². The van der Waals surface area contributed by atoms with Crippen molar-refractivity contribution in [3.05, 3.63) is 11.8 Å². The molecule has 1 aromatic heterocycles. The lowest BCUT2D eigenvalue weighted by molar-refractivity contribution is 0.0579. The van der Waals surface area contributed by atoms with Gasteiger partial charge in [0.05, 0.1) is 6.61 Å². The molecule has 0 aromatic carbocycles. The van der Waals surface area contributed by atoms with Crippen molar-refractivity contribution in [1.82, 2.24) is 15.1 Å². The number of aliphatic hydroxyl groups excluding tert-OH is 1. The van der Waals surface area contributed by atoms with Gasteiger partial charge in [0, 0.05) is 18.7 Å². The van der Waals surface area contributed by atoms with Gasteiger partial charge in [-0.2, -0.15) is 5.10 Å². The van der Waals surface area contributed by atoms with Gasteiger partial charge in [0.15, 0.2) is 0 Å². The van der Waals surface area contributed by atoms with Crippen molar-refractivity contribution in [1.29, 1.82) is 0 Å². The molecule has 6 nitrogen and oxygen atoms in total. The molecular weight excluding hydrogens is 232 g/mol. The summed E-state index contributed by atoms with van der Waals surface area (Å²) in [5.74, 6) is 0.186. The molecule has 0 spiro atoms. The van der Waals surface area contributed by atoms with Crippen molar-refractivity contribution in [3.8, 4) is 0 Å². The number of aromatic nitrogens is 2. The fourth-order valence-corrected chi connectivity index (χ4v) is 2.55. The molecule has 1 aliphatic carbocycles. The molecule has 1 aliphatic rings. The summed E-state index contributed by atoms with van der Waals surface area (Å²) in [5, 5.41) is 15.5. The predicted octanol–water partition coefficient (Wildman–Crippen LogP) is 0.759. The highest BCUT2D eigenvalue weighted by Gasteiger charge is 2.26. The molecule has 1 saturated carbocycles. The molecule has 18 heavy (non-hydrogen) atoms. The highest BCUT2D eigenvalue weighted by molar-refractivity contribution is 5.93. The highest BCUT2D eigenvalue weighted by Crippen LogP contribution is 2.23. The van der Waals surface area contributed by atoms with Gasteiger partial charge >= 0.3 is 0 Å². The smallest absolute Gasteiger partial charge is 0.272 e. The van der Waals surface area contributed by atoms with Crippen molar-refractivity contribution in [3.63, 3.8) is 0 Å². The summed E-state index contributed by atoms with van der Waals surface area (Å²) in [6, 6.07) is 1.76. The first-order chi connectivity index (χ1) is 8.72. The Morgan fingerprint density at radius 3 is 2.78 bits per heavy atom. The zero-order valence-electron chi connectivity index (χ0n) is 10.4. The second kappa shape index (κ2) is 5.86. The van der Waals surface area contributed by atoms with Gasteiger partial charge in [-0.3, -0.25) is 9.89 Å². The predicted molar refractivity (Wildman–Crippen MR) is 68.0 cm³/mol. The van der Waals surface area contributed by atoms with E-state index in [2.05, 4.69) is 10.2 Å². The minimum Gasteiger partial charge on any atom is -0.395 e. The van der Waals surface area contributed by atoms with Crippen molar-refractivity contribution in [2.24, 2.45) is 0 Å². The van der Waals surface area contributed by atoms with E-state index in [1.807, 2.05) is 0 Å². The fourth-order valence-electron chi connectivity index (χ4n) is 2.55. The molecule has 2 rings (SSSR count). The molecule has 0 radical (unpaired) electrons. The van der Waals surface area contributed by atoms with E-state index in [-0.39, 0.29) is 18.6 Å². The van der Waals surface area contributed by atoms with Crippen LogP contribution in [0.1, 0.15) is 42.6 Å². The van der Waals surface area contributed by atoms with E-state index in [0.717, 1.165) is 25.7 Å². The lowest BCUT2D eigenvalue weighted by Gasteiger charge is -2.33. The molecule has 1 amide bonds. The Kier molecular flexibility index (Phi) is 4.19. The third-order valence-corrected chi connectivity index (χ3v) is 3.45. The summed E-state index contributed by atoms with van der Waals surface area (Å²) in [4.78, 5) is 14.1. The Morgan fingerprint density at radius 2 is 2.22 bits per heavy atom. The number of nitrogens with one attached hydrogen (secondary N) is 1. The van der Waals surface area contributed by atoms with Crippen LogP contribution in [0, 0.1) is 0 Å². The van der Waals surface area contributed by atoms with Crippen LogP contribution in [-0.4, -0.2) is 45.3 Å². The van der Waals surface area contributed by atoms with Crippen LogP contribution in [0.5, 0.6) is 0 Å². The summed E-state index contributed by atoms with van der Waals surface area (Å²) in [6.45, 7) is 0.342. The Labute approximate surface area is 106 Å². The molecule has 0 bridgehead atoms. The number of hydrogen-bond donors (Lipinski definition) is 3. The number of rotatable bonds is 4. The van der Waals surface area contributed by atoms with Gasteiger partial charge in [0.1, 0.15) is 11.5 Å². The second-order valence-electron chi connectivity index (χ2n) is 4.72. The normalized spacial score (nSPS) is 16.7. The number of anilines is 1. The van der Waals surface area contributed by atoms with Crippen LogP contribution in [0.25, 0.3) is 0 Å². The molecule has 1 aromatic rings. The number of nitrogens with two attached hydrogens (primary N) is 1. The van der Waals surface area contributed by atoms with Gasteiger partial charge in [0.2, 0.25) is 0 Å². The topological polar surface area (TPSA) is 95.2 Å². The summed E-state index contributed by atoms with van der Waals surface area (Å²) in [6.07, 6.45) is 5.54. The molecule has 0 saturated heterocycles. The molecule has 4 N–H and O–H groups in total. The third-order valence-electron chi connectivity index (χ3n) is 3.45. The van der Waals surface area contributed by atoms with E-state index in [4.69, 9.17) is 10.8 Å². The molecule has 0 atom stereocenters. The lowest BCUT2D eigenvalue weighted by Crippen LogP contribution is -2.43. The molecule has 0 aliphatic heterocycles. The van der Waals surface area contributed by atoms with Crippen LogP contribution in [0.15, 0.2) is 6.07 Å². The average molecular weight is 252 g/mol. The summed E-state index contributed by atoms with van der Waals surface area (Å²) in [5.41, 5.74) is 5.90. The van der Waals surface area contributed by atoms with Crippen molar-refractivity contribution < 1.29 is 9.90 Å². The zero-order valence-corrected chi connectivity index (χ0v) is 10.4. The second-order valence-corrected chi connectivity index (χ2v) is 4.72. The zero-order chi connectivity index (χ0) is 13.0. The Morgan fingerprint density at radius 1 is 1.50 bits per heavy atom. The molecule has 1 heterocycles. The molecular formula is C12H20N4O2. The maximum atomic E-state index is 12.3. The minimum atomic E-state index is -0.125. The largest absolute Gasteiger partial charge is 0.395 e. The summed E-state index contributed by atoms with van der Waals surface area (Å²) < 4.78 is 0. The number of hydrogen-bond acceptors (Lipinski definition) is 4. The molecule has 0 unspecified atom stereocenters. The average Bonchev–Trinajstić information content (AvgIpc) is 2.83. The molecule has 1 fully saturated rings. The van der Waals surface area contributed by atoms with Gasteiger partial charge in [-0.1, -0.05) is 19.3 Å². The third kappa shape index (κ3) is 2.81. The van der Waals surface area contributed by atoms with Crippen LogP contribution in [-0.2, 0) is 0 Å². The van der Waals surface area contributed by atoms with Crippen LogP contribution in [0.3, 0.4) is 0 Å². The Hall–Kier alpha value is -1.56. The quantitative estimate of drug-likeness (QED) is 0.737. The van der Waals surface area contributed by atoms with E-state index in [9.17, 15) is 4.79 Å². The first-order valence-electron chi connectivity index (χ1n) is 6.45. The summed E-state index contributed by atoms with van der Waals surface area (Å²) in [7, 11) is 0. The van der Waals surface area contributed by atoms with Gasteiger partial charge in [-0.05, 0) is 12.8 Å². The van der Waals surface area contributed by atoms with Crippen molar-refractivity contribution >= 4 is 11.7 Å². The number of aliphatic hydroxyl groups is 1. The number of amides is 1. The maximum Gasteiger partial charge on any atom is 0.272 e. The van der Waals surface area contributed by atoms with Crippen LogP contribution >= 0.6 is 0 Å². The maximum absolute atomic E-state index is 12.3. The van der Waals surface area contributed by atoms with Crippen LogP contribution < -0.4 is 5.73 Å². The highest BCUT2D eigenvalue weighted by atomic mass is 16.3. The SMILES string of the molecule is Nc1cc(C(=O)N(CCO)C2CCCCC2)[nH]n1.